The fraction of sp³-hybridized carbons (Fsp3) is 0.200. The van der Waals surface area contributed by atoms with Crippen molar-refractivity contribution in [2.24, 2.45) is 0 Å². The van der Waals surface area contributed by atoms with Crippen LogP contribution in [0.1, 0.15) is 5.69 Å². The number of nitrogens with zero attached hydrogens (tertiary/aromatic N) is 5. The third kappa shape index (κ3) is 1.83. The number of hydrogen-bond acceptors (Lipinski definition) is 6. The van der Waals surface area contributed by atoms with Crippen LogP contribution in [-0.2, 0) is 0 Å². The number of rotatable bonds is 2. The Morgan fingerprint density at radius 3 is 2.88 bits per heavy atom. The van der Waals surface area contributed by atoms with Gasteiger partial charge in [0.2, 0.25) is 0 Å². The molecule has 0 aromatic carbocycles. The second-order valence-corrected chi connectivity index (χ2v) is 3.34. The molecule has 2 heterocycles. The van der Waals surface area contributed by atoms with Crippen LogP contribution >= 0.6 is 0 Å². The third-order valence-electron chi connectivity index (χ3n) is 1.94. The van der Waals surface area contributed by atoms with Crippen LogP contribution in [-0.4, -0.2) is 29.2 Å². The summed E-state index contributed by atoms with van der Waals surface area (Å²) < 4.78 is 5.07. The zero-order valence-electron chi connectivity index (χ0n) is 8.88. The lowest BCUT2D eigenvalue weighted by Crippen LogP contribution is -2.10. The molecule has 0 aliphatic heterocycles. The van der Waals surface area contributed by atoms with Crippen molar-refractivity contribution < 1.29 is 4.52 Å². The van der Waals surface area contributed by atoms with Gasteiger partial charge in [-0.3, -0.25) is 0 Å². The van der Waals surface area contributed by atoms with Gasteiger partial charge in [0, 0.05) is 25.9 Å². The molecule has 2 rings (SSSR count). The summed E-state index contributed by atoms with van der Waals surface area (Å²) in [6.07, 6.45) is 1.54. The van der Waals surface area contributed by atoms with E-state index in [4.69, 9.17) is 9.78 Å². The third-order valence-corrected chi connectivity index (χ3v) is 1.94. The van der Waals surface area contributed by atoms with E-state index in [1.807, 2.05) is 20.2 Å². The van der Waals surface area contributed by atoms with Crippen LogP contribution in [0.5, 0.6) is 0 Å². The van der Waals surface area contributed by atoms with E-state index in [1.54, 1.807) is 17.0 Å². The first-order valence-electron chi connectivity index (χ1n) is 4.58. The molecule has 6 heteroatoms. The van der Waals surface area contributed by atoms with Crippen LogP contribution in [0.15, 0.2) is 22.9 Å². The molecule has 80 valence electrons. The quantitative estimate of drug-likeness (QED) is 0.745. The number of pyridine rings is 1. The largest absolute Gasteiger partial charge is 0.344 e. The van der Waals surface area contributed by atoms with E-state index < -0.39 is 0 Å². The highest BCUT2D eigenvalue weighted by Crippen LogP contribution is 2.19. The van der Waals surface area contributed by atoms with Crippen LogP contribution in [0.4, 0.5) is 5.95 Å². The fourth-order valence-electron chi connectivity index (χ4n) is 1.14. The molecular weight excluding hydrogens is 206 g/mol. The van der Waals surface area contributed by atoms with Gasteiger partial charge in [0.1, 0.15) is 11.8 Å². The molecule has 0 saturated carbocycles. The lowest BCUT2D eigenvalue weighted by atomic mass is 10.2. The van der Waals surface area contributed by atoms with Crippen molar-refractivity contribution in [1.29, 1.82) is 5.26 Å². The smallest absolute Gasteiger partial charge is 0.265 e. The normalized spacial score (nSPS) is 9.81. The molecule has 0 atom stereocenters. The number of anilines is 1. The summed E-state index contributed by atoms with van der Waals surface area (Å²) in [6.45, 7) is 0. The first-order chi connectivity index (χ1) is 7.70. The van der Waals surface area contributed by atoms with E-state index in [0.717, 1.165) is 0 Å². The molecule has 2 aromatic heterocycles. The van der Waals surface area contributed by atoms with Crippen molar-refractivity contribution in [3.63, 3.8) is 0 Å². The van der Waals surface area contributed by atoms with Gasteiger partial charge in [-0.2, -0.15) is 10.2 Å². The molecular formula is C10H9N5O. The van der Waals surface area contributed by atoms with Gasteiger partial charge in [-0.05, 0) is 17.3 Å². The molecule has 0 spiro atoms. The van der Waals surface area contributed by atoms with Crippen molar-refractivity contribution in [1.82, 2.24) is 15.1 Å². The fourth-order valence-corrected chi connectivity index (χ4v) is 1.14. The molecule has 0 amide bonds. The van der Waals surface area contributed by atoms with E-state index in [2.05, 4.69) is 15.1 Å². The first-order valence-corrected chi connectivity index (χ1v) is 4.58. The minimum atomic E-state index is 0.321. The maximum absolute atomic E-state index is 8.72. The Hall–Kier alpha value is -2.42. The van der Waals surface area contributed by atoms with E-state index >= 15 is 0 Å². The summed E-state index contributed by atoms with van der Waals surface area (Å²) in [7, 11) is 3.64. The lowest BCUT2D eigenvalue weighted by molar-refractivity contribution is 0.430. The predicted molar refractivity (Wildman–Crippen MR) is 56.6 cm³/mol. The molecule has 6 nitrogen and oxygen atoms in total. The van der Waals surface area contributed by atoms with Gasteiger partial charge in [-0.15, -0.1) is 0 Å². The molecule has 0 bridgehead atoms. The molecule has 0 N–H and O–H groups in total. The molecule has 0 unspecified atom stereocenters. The second-order valence-electron chi connectivity index (χ2n) is 3.34. The van der Waals surface area contributed by atoms with Crippen molar-refractivity contribution >= 4 is 5.95 Å². The minimum Gasteiger partial charge on any atom is -0.344 e. The van der Waals surface area contributed by atoms with Crippen LogP contribution in [0.3, 0.4) is 0 Å². The molecule has 0 fully saturated rings. The lowest BCUT2D eigenvalue weighted by Gasteiger charge is -2.02. The highest BCUT2D eigenvalue weighted by atomic mass is 16.5. The average molecular weight is 215 g/mol. The van der Waals surface area contributed by atoms with Gasteiger partial charge in [0.05, 0.1) is 0 Å². The highest BCUT2D eigenvalue weighted by molar-refractivity contribution is 5.55. The number of aromatic nitrogens is 3. The highest BCUT2D eigenvalue weighted by Gasteiger charge is 2.10. The predicted octanol–water partition coefficient (Wildman–Crippen LogP) is 1.07. The monoisotopic (exact) mass is 215 g/mol. The topological polar surface area (TPSA) is 78.8 Å². The summed E-state index contributed by atoms with van der Waals surface area (Å²) in [5, 5.41) is 12.5. The molecule has 2 aromatic rings. The van der Waals surface area contributed by atoms with E-state index in [1.165, 1.54) is 6.20 Å². The van der Waals surface area contributed by atoms with Gasteiger partial charge in [0.25, 0.3) is 11.8 Å². The Kier molecular flexibility index (Phi) is 2.52. The Balaban J connectivity index is 2.39. The summed E-state index contributed by atoms with van der Waals surface area (Å²) in [4.78, 5) is 9.77. The van der Waals surface area contributed by atoms with E-state index in [-0.39, 0.29) is 0 Å². The van der Waals surface area contributed by atoms with Gasteiger partial charge >= 0.3 is 0 Å². The molecule has 16 heavy (non-hydrogen) atoms. The zero-order valence-corrected chi connectivity index (χ0v) is 8.88. The Labute approximate surface area is 92.1 Å². The number of hydrogen-bond donors (Lipinski definition) is 0. The van der Waals surface area contributed by atoms with Crippen molar-refractivity contribution in [2.45, 2.75) is 0 Å². The van der Waals surface area contributed by atoms with Gasteiger partial charge in [-0.25, -0.2) is 4.98 Å². The Bertz CT molecular complexity index is 540. The molecule has 0 radical (unpaired) electrons. The van der Waals surface area contributed by atoms with Gasteiger partial charge < -0.3 is 9.42 Å². The summed E-state index contributed by atoms with van der Waals surface area (Å²) in [5.41, 5.74) is 1.01. The zero-order chi connectivity index (χ0) is 11.5. The maximum atomic E-state index is 8.72. The first kappa shape index (κ1) is 10.1. The summed E-state index contributed by atoms with van der Waals surface area (Å²) >= 11 is 0. The van der Waals surface area contributed by atoms with Crippen molar-refractivity contribution in [2.75, 3.05) is 19.0 Å². The Morgan fingerprint density at radius 1 is 1.44 bits per heavy atom. The van der Waals surface area contributed by atoms with Gasteiger partial charge in [-0.1, -0.05) is 0 Å². The van der Waals surface area contributed by atoms with Crippen molar-refractivity contribution in [3.05, 3.63) is 24.0 Å². The van der Waals surface area contributed by atoms with Crippen LogP contribution < -0.4 is 4.90 Å². The van der Waals surface area contributed by atoms with Gasteiger partial charge in [0.15, 0.2) is 0 Å². The summed E-state index contributed by atoms with van der Waals surface area (Å²) in [6, 6.07) is 5.28. The van der Waals surface area contributed by atoms with Crippen molar-refractivity contribution in [3.8, 4) is 17.5 Å². The molecule has 0 saturated heterocycles. The van der Waals surface area contributed by atoms with Crippen LogP contribution in [0, 0.1) is 11.3 Å². The standard InChI is InChI=1S/C10H9N5O/c1-15(2)10-13-9(16-14-10)7-3-4-12-8(5-7)6-11/h3-5H,1-2H3. The second kappa shape index (κ2) is 3.98. The van der Waals surface area contributed by atoms with E-state index in [0.29, 0.717) is 23.1 Å². The summed E-state index contributed by atoms with van der Waals surface area (Å²) in [5.74, 6) is 0.868. The van der Waals surface area contributed by atoms with Crippen LogP contribution in [0.2, 0.25) is 0 Å². The minimum absolute atomic E-state index is 0.321. The maximum Gasteiger partial charge on any atom is 0.265 e. The Morgan fingerprint density at radius 2 is 2.25 bits per heavy atom. The SMILES string of the molecule is CN(C)c1noc(-c2ccnc(C#N)c2)n1. The number of nitriles is 1. The average Bonchev–Trinajstić information content (AvgIpc) is 2.78. The van der Waals surface area contributed by atoms with E-state index in [9.17, 15) is 0 Å². The van der Waals surface area contributed by atoms with Crippen LogP contribution in [0.25, 0.3) is 11.5 Å². The molecule has 0 aliphatic carbocycles. The molecule has 0 aliphatic rings.